The van der Waals surface area contributed by atoms with Gasteiger partial charge in [0, 0.05) is 31.3 Å². The number of carbonyl (C=O) groups is 1. The fourth-order valence-electron chi connectivity index (χ4n) is 2.25. The molecule has 1 fully saturated rings. The second-order valence-corrected chi connectivity index (χ2v) is 6.21. The molecule has 1 saturated heterocycles. The van der Waals surface area contributed by atoms with Gasteiger partial charge in [-0.1, -0.05) is 13.8 Å². The summed E-state index contributed by atoms with van der Waals surface area (Å²) in [6, 6.07) is 0.520. The molecule has 1 aliphatic heterocycles. The average molecular weight is 258 g/mol. The van der Waals surface area contributed by atoms with Crippen molar-refractivity contribution in [3.63, 3.8) is 0 Å². The highest BCUT2D eigenvalue weighted by Crippen LogP contribution is 2.10. The molecule has 0 bridgehead atoms. The summed E-state index contributed by atoms with van der Waals surface area (Å²) < 4.78 is 0. The van der Waals surface area contributed by atoms with E-state index in [2.05, 4.69) is 30.3 Å². The fourth-order valence-corrected chi connectivity index (χ4v) is 2.62. The largest absolute Gasteiger partial charge is 0.341 e. The van der Waals surface area contributed by atoms with Gasteiger partial charge in [-0.3, -0.25) is 4.79 Å². The van der Waals surface area contributed by atoms with E-state index < -0.39 is 0 Å². The number of thioether (sulfide) groups is 1. The first kappa shape index (κ1) is 14.8. The molecule has 1 aliphatic rings. The number of nitrogens with one attached hydrogen (secondary N) is 1. The summed E-state index contributed by atoms with van der Waals surface area (Å²) in [7, 11) is 0. The molecule has 3 nitrogen and oxygen atoms in total. The fraction of sp³-hybridized carbons (Fsp3) is 0.923. The summed E-state index contributed by atoms with van der Waals surface area (Å²) in [5.74, 6) is 1.81. The van der Waals surface area contributed by atoms with Gasteiger partial charge in [-0.25, -0.2) is 0 Å². The quantitative estimate of drug-likeness (QED) is 0.758. The lowest BCUT2D eigenvalue weighted by molar-refractivity contribution is -0.131. The van der Waals surface area contributed by atoms with Crippen LogP contribution in [-0.4, -0.2) is 48.5 Å². The summed E-state index contributed by atoms with van der Waals surface area (Å²) in [5, 5.41) is 3.47. The van der Waals surface area contributed by atoms with E-state index >= 15 is 0 Å². The van der Waals surface area contributed by atoms with Crippen molar-refractivity contribution in [2.24, 2.45) is 5.92 Å². The Labute approximate surface area is 110 Å². The number of carbonyl (C=O) groups excluding carboxylic acids is 1. The minimum atomic E-state index is 0.321. The molecule has 0 aliphatic carbocycles. The molecule has 0 aromatic carbocycles. The number of hydrogen-bond donors (Lipinski definition) is 1. The molecule has 1 N–H and O–H groups in total. The lowest BCUT2D eigenvalue weighted by Crippen LogP contribution is -2.42. The average Bonchev–Trinajstić information content (AvgIpc) is 2.77. The Hall–Kier alpha value is -0.220. The van der Waals surface area contributed by atoms with Crippen LogP contribution in [0.2, 0.25) is 0 Å². The molecule has 1 rings (SSSR count). The van der Waals surface area contributed by atoms with Crippen molar-refractivity contribution in [1.82, 2.24) is 10.2 Å². The molecule has 1 heterocycles. The Morgan fingerprint density at radius 2 is 2.29 bits per heavy atom. The van der Waals surface area contributed by atoms with Crippen LogP contribution in [-0.2, 0) is 4.79 Å². The van der Waals surface area contributed by atoms with Crippen LogP contribution < -0.4 is 5.32 Å². The molecule has 1 amide bonds. The normalized spacial score (nSPS) is 19.9. The molecule has 1 unspecified atom stereocenters. The molecule has 17 heavy (non-hydrogen) atoms. The minimum absolute atomic E-state index is 0.321. The van der Waals surface area contributed by atoms with Crippen molar-refractivity contribution >= 4 is 17.7 Å². The monoisotopic (exact) mass is 258 g/mol. The van der Waals surface area contributed by atoms with Crippen LogP contribution in [0.5, 0.6) is 0 Å². The summed E-state index contributed by atoms with van der Waals surface area (Å²) in [5.41, 5.74) is 0. The summed E-state index contributed by atoms with van der Waals surface area (Å²) >= 11 is 1.75. The SMILES string of the molecule is CSCCC(=O)N(CC(C)C)CC1CCCN1. The van der Waals surface area contributed by atoms with Crippen molar-refractivity contribution in [3.8, 4) is 0 Å². The number of nitrogens with zero attached hydrogens (tertiary/aromatic N) is 1. The molecule has 0 saturated carbocycles. The van der Waals surface area contributed by atoms with Crippen LogP contribution in [0.3, 0.4) is 0 Å². The number of amides is 1. The Balaban J connectivity index is 2.43. The molecule has 1 atom stereocenters. The van der Waals surface area contributed by atoms with Crippen LogP contribution in [0.4, 0.5) is 0 Å². The molecule has 0 spiro atoms. The van der Waals surface area contributed by atoms with E-state index in [-0.39, 0.29) is 0 Å². The van der Waals surface area contributed by atoms with E-state index in [1.165, 1.54) is 12.8 Å². The zero-order chi connectivity index (χ0) is 12.7. The maximum atomic E-state index is 12.1. The van der Waals surface area contributed by atoms with E-state index in [0.29, 0.717) is 24.3 Å². The first-order chi connectivity index (χ1) is 8.13. The Kier molecular flexibility index (Phi) is 6.97. The Morgan fingerprint density at radius 1 is 1.53 bits per heavy atom. The molecule has 0 aromatic rings. The van der Waals surface area contributed by atoms with Gasteiger partial charge < -0.3 is 10.2 Å². The summed E-state index contributed by atoms with van der Waals surface area (Å²) in [6.07, 6.45) is 5.20. The van der Waals surface area contributed by atoms with Gasteiger partial charge in [0.1, 0.15) is 0 Å². The second-order valence-electron chi connectivity index (χ2n) is 5.23. The van der Waals surface area contributed by atoms with Crippen molar-refractivity contribution in [3.05, 3.63) is 0 Å². The Morgan fingerprint density at radius 3 is 2.82 bits per heavy atom. The van der Waals surface area contributed by atoms with Gasteiger partial charge in [-0.05, 0) is 31.6 Å². The topological polar surface area (TPSA) is 32.3 Å². The molecule has 4 heteroatoms. The maximum Gasteiger partial charge on any atom is 0.223 e. The molecular weight excluding hydrogens is 232 g/mol. The van der Waals surface area contributed by atoms with Crippen LogP contribution in [0.25, 0.3) is 0 Å². The van der Waals surface area contributed by atoms with Crippen molar-refractivity contribution in [2.75, 3.05) is 31.6 Å². The zero-order valence-electron chi connectivity index (χ0n) is 11.4. The van der Waals surface area contributed by atoms with Crippen LogP contribution in [0.15, 0.2) is 0 Å². The van der Waals surface area contributed by atoms with Crippen LogP contribution in [0, 0.1) is 5.92 Å². The highest BCUT2D eigenvalue weighted by atomic mass is 32.2. The van der Waals surface area contributed by atoms with E-state index in [0.717, 1.165) is 25.4 Å². The van der Waals surface area contributed by atoms with Gasteiger partial charge >= 0.3 is 0 Å². The highest BCUT2D eigenvalue weighted by molar-refractivity contribution is 7.98. The van der Waals surface area contributed by atoms with E-state index in [1.807, 2.05) is 0 Å². The number of rotatable bonds is 7. The third kappa shape index (κ3) is 5.77. The highest BCUT2D eigenvalue weighted by Gasteiger charge is 2.21. The van der Waals surface area contributed by atoms with E-state index in [9.17, 15) is 4.79 Å². The molecule has 0 aromatic heterocycles. The van der Waals surface area contributed by atoms with Gasteiger partial charge in [-0.15, -0.1) is 0 Å². The van der Waals surface area contributed by atoms with E-state index in [1.54, 1.807) is 11.8 Å². The van der Waals surface area contributed by atoms with Crippen LogP contribution >= 0.6 is 11.8 Å². The minimum Gasteiger partial charge on any atom is -0.341 e. The third-order valence-electron chi connectivity index (χ3n) is 3.06. The van der Waals surface area contributed by atoms with Crippen molar-refractivity contribution in [2.45, 2.75) is 39.2 Å². The smallest absolute Gasteiger partial charge is 0.223 e. The lowest BCUT2D eigenvalue weighted by atomic mass is 10.1. The van der Waals surface area contributed by atoms with Gasteiger partial charge in [0.2, 0.25) is 5.91 Å². The standard InChI is InChI=1S/C13H26N2OS/c1-11(2)9-15(13(16)6-8-17-3)10-12-5-4-7-14-12/h11-12,14H,4-10H2,1-3H3. The summed E-state index contributed by atoms with van der Waals surface area (Å²) in [4.78, 5) is 14.2. The first-order valence-electron chi connectivity index (χ1n) is 6.63. The Bertz CT molecular complexity index is 227. The molecular formula is C13H26N2OS. The first-order valence-corrected chi connectivity index (χ1v) is 8.03. The van der Waals surface area contributed by atoms with Gasteiger partial charge in [0.25, 0.3) is 0 Å². The predicted octanol–water partition coefficient (Wildman–Crippen LogP) is 1.98. The van der Waals surface area contributed by atoms with E-state index in [4.69, 9.17) is 0 Å². The number of hydrogen-bond acceptors (Lipinski definition) is 3. The lowest BCUT2D eigenvalue weighted by Gasteiger charge is -2.27. The molecule has 0 radical (unpaired) electrons. The zero-order valence-corrected chi connectivity index (χ0v) is 12.2. The maximum absolute atomic E-state index is 12.1. The van der Waals surface area contributed by atoms with Crippen molar-refractivity contribution in [1.29, 1.82) is 0 Å². The van der Waals surface area contributed by atoms with Crippen molar-refractivity contribution < 1.29 is 4.79 Å². The second kappa shape index (κ2) is 7.98. The predicted molar refractivity (Wildman–Crippen MR) is 75.4 cm³/mol. The molecule has 100 valence electrons. The van der Waals surface area contributed by atoms with Gasteiger partial charge in [0.15, 0.2) is 0 Å². The van der Waals surface area contributed by atoms with Crippen LogP contribution in [0.1, 0.15) is 33.1 Å². The van der Waals surface area contributed by atoms with Gasteiger partial charge in [-0.2, -0.15) is 11.8 Å². The van der Waals surface area contributed by atoms with Gasteiger partial charge in [0.05, 0.1) is 0 Å². The summed E-state index contributed by atoms with van der Waals surface area (Å²) in [6.45, 7) is 7.25. The third-order valence-corrected chi connectivity index (χ3v) is 3.67.